The van der Waals surface area contributed by atoms with Crippen molar-refractivity contribution < 1.29 is 27.8 Å². The lowest BCUT2D eigenvalue weighted by Crippen LogP contribution is -2.48. The van der Waals surface area contributed by atoms with Crippen LogP contribution in [0.15, 0.2) is 55.3 Å². The molecule has 1 N–H and O–H groups in total. The van der Waals surface area contributed by atoms with Gasteiger partial charge in [0.1, 0.15) is 41.0 Å². The van der Waals surface area contributed by atoms with Crippen molar-refractivity contribution in [2.75, 3.05) is 31.1 Å². The topological polar surface area (TPSA) is 91.7 Å². The number of phenolic OH excluding ortho intramolecular Hbond substituents is 1. The molecule has 1 aliphatic rings. The van der Waals surface area contributed by atoms with E-state index in [1.807, 2.05) is 4.90 Å². The molecule has 40 heavy (non-hydrogen) atoms. The van der Waals surface area contributed by atoms with E-state index in [1.54, 1.807) is 4.90 Å². The van der Waals surface area contributed by atoms with Crippen molar-refractivity contribution in [3.63, 3.8) is 0 Å². The highest BCUT2D eigenvalue weighted by Crippen LogP contribution is 2.42. The number of halogens is 4. The monoisotopic (exact) mass is 569 g/mol. The van der Waals surface area contributed by atoms with Crippen LogP contribution in [0, 0.1) is 17.5 Å². The molecule has 1 aliphatic heterocycles. The second-order valence-corrected chi connectivity index (χ2v) is 9.39. The van der Waals surface area contributed by atoms with Crippen molar-refractivity contribution in [2.45, 2.75) is 13.2 Å². The minimum atomic E-state index is -0.955. The molecule has 3 heterocycles. The Labute approximate surface area is 232 Å². The SMILES string of the molecule is C=CC(=O)N1CCN(c2nc(COCc3ncccc3F)nc3c(F)c(-c4c(O)cccc4F)c(Cl)cc23)CC1. The second-order valence-electron chi connectivity index (χ2n) is 8.98. The van der Waals surface area contributed by atoms with Gasteiger partial charge in [-0.3, -0.25) is 9.78 Å². The molecular weight excluding hydrogens is 547 g/mol. The first-order chi connectivity index (χ1) is 19.3. The average Bonchev–Trinajstić information content (AvgIpc) is 2.95. The van der Waals surface area contributed by atoms with Gasteiger partial charge in [0, 0.05) is 43.3 Å². The third-order valence-corrected chi connectivity index (χ3v) is 6.82. The number of carbonyl (C=O) groups excluding carboxylic acids is 1. The summed E-state index contributed by atoms with van der Waals surface area (Å²) in [5.74, 6) is -2.63. The minimum Gasteiger partial charge on any atom is -0.507 e. The Hall–Kier alpha value is -4.22. The molecule has 0 spiro atoms. The van der Waals surface area contributed by atoms with E-state index in [9.17, 15) is 18.7 Å². The molecule has 206 valence electrons. The lowest BCUT2D eigenvalue weighted by atomic mass is 10.0. The number of amides is 1. The maximum absolute atomic E-state index is 16.1. The number of piperazine rings is 1. The van der Waals surface area contributed by atoms with Gasteiger partial charge < -0.3 is 19.6 Å². The molecule has 8 nitrogen and oxygen atoms in total. The van der Waals surface area contributed by atoms with Gasteiger partial charge in [-0.1, -0.05) is 24.2 Å². The number of rotatable bonds is 7. The van der Waals surface area contributed by atoms with Crippen molar-refractivity contribution in [1.82, 2.24) is 19.9 Å². The number of fused-ring (bicyclic) bond motifs is 1. The first kappa shape index (κ1) is 27.4. The molecule has 1 amide bonds. The van der Waals surface area contributed by atoms with E-state index in [0.717, 1.165) is 6.07 Å². The van der Waals surface area contributed by atoms with Crippen LogP contribution in [0.5, 0.6) is 5.75 Å². The highest BCUT2D eigenvalue weighted by atomic mass is 35.5. The van der Waals surface area contributed by atoms with Crippen molar-refractivity contribution in [3.8, 4) is 16.9 Å². The van der Waals surface area contributed by atoms with Gasteiger partial charge in [-0.25, -0.2) is 23.1 Å². The van der Waals surface area contributed by atoms with E-state index in [-0.39, 0.29) is 52.1 Å². The van der Waals surface area contributed by atoms with Crippen LogP contribution in [0.4, 0.5) is 19.0 Å². The number of ether oxygens (including phenoxy) is 1. The number of hydrogen-bond acceptors (Lipinski definition) is 7. The highest BCUT2D eigenvalue weighted by Gasteiger charge is 2.27. The van der Waals surface area contributed by atoms with E-state index in [4.69, 9.17) is 16.3 Å². The smallest absolute Gasteiger partial charge is 0.246 e. The first-order valence-corrected chi connectivity index (χ1v) is 12.7. The Balaban J connectivity index is 1.57. The zero-order valence-corrected chi connectivity index (χ0v) is 21.8. The van der Waals surface area contributed by atoms with Crippen LogP contribution in [0.3, 0.4) is 0 Å². The predicted octanol–water partition coefficient (Wildman–Crippen LogP) is 5.02. The molecule has 4 aromatic rings. The highest BCUT2D eigenvalue weighted by molar-refractivity contribution is 6.34. The van der Waals surface area contributed by atoms with Gasteiger partial charge in [-0.05, 0) is 36.4 Å². The summed E-state index contributed by atoms with van der Waals surface area (Å²) in [6.45, 7) is 4.63. The summed E-state index contributed by atoms with van der Waals surface area (Å²) in [5.41, 5.74) is -0.827. The van der Waals surface area contributed by atoms with Crippen LogP contribution in [0.25, 0.3) is 22.0 Å². The molecule has 0 aliphatic carbocycles. The summed E-state index contributed by atoms with van der Waals surface area (Å²) >= 11 is 6.46. The lowest BCUT2D eigenvalue weighted by molar-refractivity contribution is -0.126. The zero-order chi connectivity index (χ0) is 28.4. The molecule has 2 aromatic carbocycles. The van der Waals surface area contributed by atoms with Crippen LogP contribution in [0.1, 0.15) is 11.5 Å². The van der Waals surface area contributed by atoms with E-state index in [0.29, 0.717) is 32.0 Å². The van der Waals surface area contributed by atoms with E-state index in [2.05, 4.69) is 21.5 Å². The number of hydrogen-bond donors (Lipinski definition) is 1. The van der Waals surface area contributed by atoms with Gasteiger partial charge in [-0.15, -0.1) is 0 Å². The van der Waals surface area contributed by atoms with Crippen molar-refractivity contribution in [1.29, 1.82) is 0 Å². The third-order valence-electron chi connectivity index (χ3n) is 6.52. The minimum absolute atomic E-state index is 0.0772. The van der Waals surface area contributed by atoms with Crippen molar-refractivity contribution >= 4 is 34.2 Å². The summed E-state index contributed by atoms with van der Waals surface area (Å²) in [6, 6.07) is 7.73. The Morgan fingerprint density at radius 1 is 1.05 bits per heavy atom. The quantitative estimate of drug-likeness (QED) is 0.313. The van der Waals surface area contributed by atoms with Gasteiger partial charge in [0.2, 0.25) is 5.91 Å². The Bertz CT molecular complexity index is 1590. The fourth-order valence-electron chi connectivity index (χ4n) is 4.55. The number of carbonyl (C=O) groups is 1. The Morgan fingerprint density at radius 3 is 2.50 bits per heavy atom. The lowest BCUT2D eigenvalue weighted by Gasteiger charge is -2.35. The summed E-state index contributed by atoms with van der Waals surface area (Å²) in [6.07, 6.45) is 2.67. The van der Waals surface area contributed by atoms with E-state index < -0.39 is 28.8 Å². The summed E-state index contributed by atoms with van der Waals surface area (Å²) in [4.78, 5) is 28.4. The Kier molecular flexibility index (Phi) is 7.85. The zero-order valence-electron chi connectivity index (χ0n) is 21.1. The van der Waals surface area contributed by atoms with Gasteiger partial charge in [0.15, 0.2) is 11.6 Å². The maximum Gasteiger partial charge on any atom is 0.246 e. The van der Waals surface area contributed by atoms with Crippen molar-refractivity contribution in [3.05, 3.63) is 89.2 Å². The summed E-state index contributed by atoms with van der Waals surface area (Å²) < 4.78 is 50.4. The molecule has 0 bridgehead atoms. The number of aromatic nitrogens is 3. The largest absolute Gasteiger partial charge is 0.507 e. The molecular formula is C28H23ClF3N5O3. The van der Waals surface area contributed by atoms with E-state index in [1.165, 1.54) is 42.6 Å². The van der Waals surface area contributed by atoms with Crippen LogP contribution in [-0.4, -0.2) is 57.0 Å². The number of pyridine rings is 1. The van der Waals surface area contributed by atoms with Crippen molar-refractivity contribution in [2.24, 2.45) is 0 Å². The number of anilines is 1. The Morgan fingerprint density at radius 2 is 1.80 bits per heavy atom. The molecule has 0 unspecified atom stereocenters. The third kappa shape index (κ3) is 5.30. The standard InChI is InChI=1S/C28H23ClF3N5O3/c1-2-23(39)36-9-11-37(12-10-36)28-16-13-17(29)24(25-19(31)5-3-7-21(25)38)26(32)27(16)34-22(35-28)15-40-14-20-18(30)6-4-8-33-20/h2-8,13,38H,1,9-12,14-15H2. The van der Waals surface area contributed by atoms with Gasteiger partial charge in [0.05, 0.1) is 17.2 Å². The molecule has 2 aromatic heterocycles. The maximum atomic E-state index is 16.1. The van der Waals surface area contributed by atoms with E-state index >= 15 is 4.39 Å². The molecule has 0 radical (unpaired) electrons. The van der Waals surface area contributed by atoms with Crippen LogP contribution in [-0.2, 0) is 22.7 Å². The molecule has 12 heteroatoms. The second kappa shape index (κ2) is 11.5. The molecule has 5 rings (SSSR count). The van der Waals surface area contributed by atoms with Gasteiger partial charge in [-0.2, -0.15) is 0 Å². The number of benzene rings is 2. The molecule has 1 saturated heterocycles. The fraction of sp³-hybridized carbons (Fsp3) is 0.214. The molecule has 0 atom stereocenters. The number of nitrogens with zero attached hydrogens (tertiary/aromatic N) is 5. The summed E-state index contributed by atoms with van der Waals surface area (Å²) in [5, 5.41) is 10.4. The average molecular weight is 570 g/mol. The normalized spacial score (nSPS) is 13.6. The summed E-state index contributed by atoms with van der Waals surface area (Å²) in [7, 11) is 0. The van der Waals surface area contributed by atoms with Crippen LogP contribution in [0.2, 0.25) is 5.02 Å². The molecule has 1 fully saturated rings. The predicted molar refractivity (Wildman–Crippen MR) is 143 cm³/mol. The number of aromatic hydroxyl groups is 1. The van der Waals surface area contributed by atoms with Gasteiger partial charge >= 0.3 is 0 Å². The van der Waals surface area contributed by atoms with Crippen LogP contribution >= 0.6 is 11.6 Å². The molecule has 0 saturated carbocycles. The first-order valence-electron chi connectivity index (χ1n) is 12.3. The van der Waals surface area contributed by atoms with Crippen LogP contribution < -0.4 is 4.90 Å². The fourth-order valence-corrected chi connectivity index (χ4v) is 4.84. The number of phenols is 1. The van der Waals surface area contributed by atoms with Gasteiger partial charge in [0.25, 0.3) is 0 Å².